The molecule has 0 saturated carbocycles. The van der Waals surface area contributed by atoms with Crippen molar-refractivity contribution in [3.63, 3.8) is 0 Å². The Bertz CT molecular complexity index is 873. The maximum absolute atomic E-state index is 11.8. The molecule has 100 valence electrons. The van der Waals surface area contributed by atoms with E-state index < -0.39 is 5.56 Å². The zero-order valence-electron chi connectivity index (χ0n) is 10.8. The molecule has 3 N–H and O–H groups in total. The molecule has 0 aliphatic carbocycles. The Labute approximate surface area is 120 Å². The molecule has 0 aliphatic rings. The maximum Gasteiger partial charge on any atom is 0.268 e. The van der Waals surface area contributed by atoms with Gasteiger partial charge in [-0.25, -0.2) is 0 Å². The van der Waals surface area contributed by atoms with Crippen molar-refractivity contribution in [2.75, 3.05) is 5.73 Å². The van der Waals surface area contributed by atoms with Crippen molar-refractivity contribution < 1.29 is 0 Å². The van der Waals surface area contributed by atoms with Crippen LogP contribution in [-0.2, 0) is 6.42 Å². The Kier molecular flexibility index (Phi) is 3.70. The number of nitriles is 3. The summed E-state index contributed by atoms with van der Waals surface area (Å²) in [4.78, 5) is 14.1. The van der Waals surface area contributed by atoms with E-state index in [4.69, 9.17) is 16.3 Å². The highest BCUT2D eigenvalue weighted by atomic mass is 16.1. The van der Waals surface area contributed by atoms with E-state index in [1.54, 1.807) is 30.3 Å². The molecule has 0 unspecified atom stereocenters. The van der Waals surface area contributed by atoms with Crippen molar-refractivity contribution in [1.29, 1.82) is 15.8 Å². The molecule has 0 spiro atoms. The smallest absolute Gasteiger partial charge is 0.268 e. The number of rotatable bonds is 2. The highest BCUT2D eigenvalue weighted by molar-refractivity contribution is 5.80. The highest BCUT2D eigenvalue weighted by Gasteiger charge is 2.17. The van der Waals surface area contributed by atoms with E-state index in [1.165, 1.54) is 0 Å². The first-order valence-electron chi connectivity index (χ1n) is 5.94. The van der Waals surface area contributed by atoms with Crippen LogP contribution in [0.3, 0.4) is 0 Å². The summed E-state index contributed by atoms with van der Waals surface area (Å²) in [5, 5.41) is 27.0. The van der Waals surface area contributed by atoms with Crippen LogP contribution in [0.1, 0.15) is 16.7 Å². The number of aromatic amines is 1. The Morgan fingerprint density at radius 3 is 2.19 bits per heavy atom. The van der Waals surface area contributed by atoms with Gasteiger partial charge in [-0.15, -0.1) is 0 Å². The summed E-state index contributed by atoms with van der Waals surface area (Å²) < 4.78 is 0. The molecule has 1 aromatic carbocycles. The van der Waals surface area contributed by atoms with Crippen LogP contribution in [0.25, 0.3) is 11.1 Å². The average molecular weight is 275 g/mol. The number of nitrogens with two attached hydrogens (primary N) is 1. The van der Waals surface area contributed by atoms with E-state index in [0.717, 1.165) is 5.56 Å². The number of H-pyrrole nitrogens is 1. The number of nitrogens with one attached hydrogen (secondary N) is 1. The van der Waals surface area contributed by atoms with Crippen LogP contribution >= 0.6 is 0 Å². The first-order chi connectivity index (χ1) is 10.1. The van der Waals surface area contributed by atoms with E-state index >= 15 is 0 Å². The second-order valence-electron chi connectivity index (χ2n) is 4.25. The van der Waals surface area contributed by atoms with Crippen molar-refractivity contribution >= 4 is 5.82 Å². The number of nitrogens with zero attached hydrogens (tertiary/aromatic N) is 3. The van der Waals surface area contributed by atoms with Gasteiger partial charge >= 0.3 is 0 Å². The quantitative estimate of drug-likeness (QED) is 0.856. The SMILES string of the molecule is N#CCc1ccc(-c2c(C#N)c(N)[nH]c(=O)c2C#N)cc1. The Morgan fingerprint density at radius 2 is 1.67 bits per heavy atom. The first-order valence-corrected chi connectivity index (χ1v) is 5.94. The van der Waals surface area contributed by atoms with Gasteiger partial charge in [-0.05, 0) is 11.1 Å². The molecule has 1 aromatic heterocycles. The molecule has 0 fully saturated rings. The Morgan fingerprint density at radius 1 is 1.05 bits per heavy atom. The fourth-order valence-corrected chi connectivity index (χ4v) is 2.01. The van der Waals surface area contributed by atoms with Crippen LogP contribution in [-0.4, -0.2) is 4.98 Å². The minimum atomic E-state index is -0.634. The molecule has 1 heterocycles. The molecule has 6 heteroatoms. The number of pyridine rings is 1. The number of hydrogen-bond donors (Lipinski definition) is 2. The lowest BCUT2D eigenvalue weighted by Crippen LogP contribution is -2.16. The fraction of sp³-hybridized carbons (Fsp3) is 0.0667. The number of benzene rings is 1. The Hall–Kier alpha value is -3.56. The van der Waals surface area contributed by atoms with Gasteiger partial charge in [0.1, 0.15) is 29.1 Å². The van der Waals surface area contributed by atoms with Gasteiger partial charge in [0.15, 0.2) is 0 Å². The highest BCUT2D eigenvalue weighted by Crippen LogP contribution is 2.28. The molecule has 2 aromatic rings. The molecule has 21 heavy (non-hydrogen) atoms. The van der Waals surface area contributed by atoms with Crippen LogP contribution in [0.2, 0.25) is 0 Å². The summed E-state index contributed by atoms with van der Waals surface area (Å²) in [6, 6.07) is 12.5. The zero-order valence-corrected chi connectivity index (χ0v) is 10.8. The summed E-state index contributed by atoms with van der Waals surface area (Å²) >= 11 is 0. The molecule has 0 saturated heterocycles. The van der Waals surface area contributed by atoms with Gasteiger partial charge in [0.05, 0.1) is 12.5 Å². The third-order valence-corrected chi connectivity index (χ3v) is 2.99. The van der Waals surface area contributed by atoms with E-state index in [0.29, 0.717) is 5.56 Å². The monoisotopic (exact) mass is 275 g/mol. The van der Waals surface area contributed by atoms with Gasteiger partial charge in [-0.1, -0.05) is 24.3 Å². The van der Waals surface area contributed by atoms with Crippen LogP contribution in [0, 0.1) is 34.0 Å². The summed E-state index contributed by atoms with van der Waals surface area (Å²) in [5.41, 5.74) is 6.45. The molecule has 0 atom stereocenters. The van der Waals surface area contributed by atoms with Gasteiger partial charge in [0.2, 0.25) is 0 Å². The number of anilines is 1. The second kappa shape index (κ2) is 5.61. The predicted molar refractivity (Wildman–Crippen MR) is 75.7 cm³/mol. The number of nitrogen functional groups attached to an aromatic ring is 1. The molecule has 6 nitrogen and oxygen atoms in total. The molecule has 0 aliphatic heterocycles. The van der Waals surface area contributed by atoms with Gasteiger partial charge in [0.25, 0.3) is 5.56 Å². The summed E-state index contributed by atoms with van der Waals surface area (Å²) in [5.74, 6) is -0.0717. The molecular formula is C15H9N5O. The van der Waals surface area contributed by atoms with Crippen LogP contribution in [0.4, 0.5) is 5.82 Å². The molecule has 0 bridgehead atoms. The zero-order chi connectivity index (χ0) is 15.4. The van der Waals surface area contributed by atoms with Crippen molar-refractivity contribution in [1.82, 2.24) is 4.98 Å². The van der Waals surface area contributed by atoms with Crippen molar-refractivity contribution in [2.24, 2.45) is 0 Å². The van der Waals surface area contributed by atoms with E-state index in [1.807, 2.05) is 12.1 Å². The predicted octanol–water partition coefficient (Wildman–Crippen LogP) is 1.43. The normalized spacial score (nSPS) is 9.38. The van der Waals surface area contributed by atoms with Crippen molar-refractivity contribution in [3.8, 4) is 29.3 Å². The van der Waals surface area contributed by atoms with Gasteiger partial charge in [0, 0.05) is 5.56 Å². The third kappa shape index (κ3) is 2.45. The minimum absolute atomic E-state index is 0.0548. The molecular weight excluding hydrogens is 266 g/mol. The molecule has 0 amide bonds. The van der Waals surface area contributed by atoms with Crippen LogP contribution < -0.4 is 11.3 Å². The van der Waals surface area contributed by atoms with E-state index in [-0.39, 0.29) is 28.9 Å². The van der Waals surface area contributed by atoms with Crippen LogP contribution in [0.5, 0.6) is 0 Å². The standard InChI is InChI=1S/C15H9N5O/c16-6-5-9-1-3-10(4-2-9)13-11(7-17)14(19)20-15(21)12(13)8-18/h1-4H,5H2,(H3,19,20,21). The summed E-state index contributed by atoms with van der Waals surface area (Å²) in [6.45, 7) is 0. The van der Waals surface area contributed by atoms with Gasteiger partial charge in [-0.3, -0.25) is 4.79 Å². The van der Waals surface area contributed by atoms with Gasteiger partial charge < -0.3 is 10.7 Å². The van der Waals surface area contributed by atoms with Crippen molar-refractivity contribution in [3.05, 3.63) is 51.3 Å². The summed E-state index contributed by atoms with van der Waals surface area (Å²) in [7, 11) is 0. The van der Waals surface area contributed by atoms with Gasteiger partial charge in [-0.2, -0.15) is 15.8 Å². The molecule has 0 radical (unpaired) electrons. The largest absolute Gasteiger partial charge is 0.384 e. The fourth-order valence-electron chi connectivity index (χ4n) is 2.01. The lowest BCUT2D eigenvalue weighted by Gasteiger charge is -2.09. The second-order valence-corrected chi connectivity index (χ2v) is 4.25. The summed E-state index contributed by atoms with van der Waals surface area (Å²) in [6.07, 6.45) is 0.258. The third-order valence-electron chi connectivity index (χ3n) is 2.99. The van der Waals surface area contributed by atoms with Crippen LogP contribution in [0.15, 0.2) is 29.1 Å². The minimum Gasteiger partial charge on any atom is -0.384 e. The Balaban J connectivity index is 2.74. The average Bonchev–Trinajstić information content (AvgIpc) is 2.48. The lowest BCUT2D eigenvalue weighted by atomic mass is 9.95. The lowest BCUT2D eigenvalue weighted by molar-refractivity contribution is 1.21. The first kappa shape index (κ1) is 13.9. The topological polar surface area (TPSA) is 130 Å². The number of aromatic nitrogens is 1. The van der Waals surface area contributed by atoms with Crippen molar-refractivity contribution in [2.45, 2.75) is 6.42 Å². The number of hydrogen-bond acceptors (Lipinski definition) is 5. The van der Waals surface area contributed by atoms with E-state index in [9.17, 15) is 10.1 Å². The molecule has 2 rings (SSSR count). The maximum atomic E-state index is 11.8. The van der Waals surface area contributed by atoms with E-state index in [2.05, 4.69) is 4.98 Å².